The highest BCUT2D eigenvalue weighted by Crippen LogP contribution is 2.38. The number of nitrogens with zero attached hydrogens (tertiary/aromatic N) is 6. The van der Waals surface area contributed by atoms with Gasteiger partial charge in [0.1, 0.15) is 17.2 Å². The average molecular weight is 447 g/mol. The largest absolute Gasteiger partial charge is 0.481 e. The Morgan fingerprint density at radius 2 is 2.26 bits per heavy atom. The first kappa shape index (κ1) is 21.3. The topological polar surface area (TPSA) is 75.9 Å². The lowest BCUT2D eigenvalue weighted by atomic mass is 10.1. The number of pyridine rings is 1. The Bertz CT molecular complexity index is 1090. The summed E-state index contributed by atoms with van der Waals surface area (Å²) in [6.45, 7) is 1.31. The number of fused-ring (bicyclic) bond motifs is 1. The lowest BCUT2D eigenvalue weighted by Gasteiger charge is -2.27. The smallest absolute Gasteiger partial charge is 0.259 e. The van der Waals surface area contributed by atoms with Gasteiger partial charge in [-0.05, 0) is 31.4 Å². The Labute approximate surface area is 184 Å². The van der Waals surface area contributed by atoms with Crippen molar-refractivity contribution < 1.29 is 13.9 Å². The molecule has 0 bridgehead atoms. The molecular formula is C21H24ClFN6O2. The van der Waals surface area contributed by atoms with Crippen LogP contribution in [0.25, 0.3) is 5.65 Å². The fourth-order valence-electron chi connectivity index (χ4n) is 3.99. The van der Waals surface area contributed by atoms with Crippen LogP contribution < -0.4 is 9.64 Å². The number of alkyl halides is 1. The molecule has 1 aliphatic heterocycles. The van der Waals surface area contributed by atoms with Gasteiger partial charge in [-0.25, -0.2) is 18.9 Å². The Kier molecular flexibility index (Phi) is 6.22. The van der Waals surface area contributed by atoms with Crippen molar-refractivity contribution in [3.8, 4) is 5.88 Å². The van der Waals surface area contributed by atoms with E-state index in [1.165, 1.54) is 19.4 Å². The molecule has 4 heterocycles. The van der Waals surface area contributed by atoms with Crippen LogP contribution in [-0.2, 0) is 0 Å². The summed E-state index contributed by atoms with van der Waals surface area (Å²) >= 11 is 5.75. The van der Waals surface area contributed by atoms with Crippen molar-refractivity contribution in [2.45, 2.75) is 25.3 Å². The summed E-state index contributed by atoms with van der Waals surface area (Å²) in [5, 5.41) is 4.27. The summed E-state index contributed by atoms with van der Waals surface area (Å²) in [4.78, 5) is 25.4. The number of rotatable bonds is 7. The molecule has 1 unspecified atom stereocenters. The number of methoxy groups -OCH3 is 1. The van der Waals surface area contributed by atoms with Gasteiger partial charge in [0, 0.05) is 37.8 Å². The van der Waals surface area contributed by atoms with E-state index in [0.717, 1.165) is 25.6 Å². The van der Waals surface area contributed by atoms with Crippen LogP contribution in [0.15, 0.2) is 30.7 Å². The number of ether oxygens (including phenoxy) is 1. The predicted molar refractivity (Wildman–Crippen MR) is 115 cm³/mol. The predicted octanol–water partition coefficient (Wildman–Crippen LogP) is 3.31. The molecule has 0 aliphatic carbocycles. The standard InChI is InChI=1S/C21H24ClFN6O2/c1-27(8-4-7-22)21(30)16-13-25-29-10-6-18(26-19(16)29)28-9-3-5-17(28)15-11-14(23)12-24-20(15)31-2/h6,10-13,17H,3-5,7-9H2,1-2H3. The molecule has 0 radical (unpaired) electrons. The second-order valence-electron chi connectivity index (χ2n) is 7.48. The fraction of sp³-hybridized carbons (Fsp3) is 0.429. The van der Waals surface area contributed by atoms with E-state index in [0.29, 0.717) is 47.3 Å². The number of hydrogen-bond donors (Lipinski definition) is 0. The average Bonchev–Trinajstić information content (AvgIpc) is 3.43. The summed E-state index contributed by atoms with van der Waals surface area (Å²) in [5.41, 5.74) is 1.60. The molecule has 8 nitrogen and oxygen atoms in total. The van der Waals surface area contributed by atoms with Gasteiger partial charge in [0.05, 0.1) is 25.5 Å². The summed E-state index contributed by atoms with van der Waals surface area (Å²) in [5.74, 6) is 1.03. The highest BCUT2D eigenvalue weighted by molar-refractivity contribution is 6.17. The molecule has 1 atom stereocenters. The highest BCUT2D eigenvalue weighted by atomic mass is 35.5. The quantitative estimate of drug-likeness (QED) is 0.518. The van der Waals surface area contributed by atoms with Crippen molar-refractivity contribution in [2.24, 2.45) is 0 Å². The third kappa shape index (κ3) is 4.14. The van der Waals surface area contributed by atoms with Gasteiger partial charge in [-0.2, -0.15) is 5.10 Å². The summed E-state index contributed by atoms with van der Waals surface area (Å²) < 4.78 is 20.9. The Balaban J connectivity index is 1.68. The molecule has 1 aliphatic rings. The van der Waals surface area contributed by atoms with Gasteiger partial charge in [0.2, 0.25) is 5.88 Å². The van der Waals surface area contributed by atoms with E-state index in [1.54, 1.807) is 22.7 Å². The first-order chi connectivity index (χ1) is 15.0. The first-order valence-corrected chi connectivity index (χ1v) is 10.7. The third-order valence-electron chi connectivity index (χ3n) is 5.50. The van der Waals surface area contributed by atoms with Gasteiger partial charge < -0.3 is 14.5 Å². The number of anilines is 1. The molecule has 0 spiro atoms. The zero-order valence-electron chi connectivity index (χ0n) is 17.5. The van der Waals surface area contributed by atoms with E-state index in [9.17, 15) is 9.18 Å². The third-order valence-corrected chi connectivity index (χ3v) is 5.77. The van der Waals surface area contributed by atoms with Gasteiger partial charge in [0.15, 0.2) is 5.65 Å². The Morgan fingerprint density at radius 1 is 1.42 bits per heavy atom. The molecule has 3 aromatic rings. The van der Waals surface area contributed by atoms with Gasteiger partial charge in [0.25, 0.3) is 5.91 Å². The van der Waals surface area contributed by atoms with Gasteiger partial charge in [-0.3, -0.25) is 4.79 Å². The molecule has 0 saturated carbocycles. The van der Waals surface area contributed by atoms with Gasteiger partial charge >= 0.3 is 0 Å². The van der Waals surface area contributed by atoms with Crippen LogP contribution >= 0.6 is 11.6 Å². The van der Waals surface area contributed by atoms with Crippen molar-refractivity contribution in [1.29, 1.82) is 0 Å². The SMILES string of the molecule is COc1ncc(F)cc1C1CCCN1c1ccn2ncc(C(=O)N(C)CCCCl)c2n1. The molecule has 1 amide bonds. The minimum atomic E-state index is -0.408. The van der Waals surface area contributed by atoms with Gasteiger partial charge in [-0.15, -0.1) is 11.6 Å². The first-order valence-electron chi connectivity index (χ1n) is 10.2. The zero-order valence-corrected chi connectivity index (χ0v) is 18.2. The normalized spacial score (nSPS) is 16.1. The maximum atomic E-state index is 13.9. The van der Waals surface area contributed by atoms with Crippen LogP contribution in [0.2, 0.25) is 0 Å². The summed E-state index contributed by atoms with van der Waals surface area (Å²) in [6, 6.07) is 3.19. The second kappa shape index (κ2) is 9.05. The number of hydrogen-bond acceptors (Lipinski definition) is 6. The van der Waals surface area contributed by atoms with Crippen LogP contribution in [0.4, 0.5) is 10.2 Å². The van der Waals surface area contributed by atoms with E-state index in [-0.39, 0.29) is 11.9 Å². The number of carbonyl (C=O) groups excluding carboxylic acids is 1. The molecule has 164 valence electrons. The van der Waals surface area contributed by atoms with Crippen LogP contribution in [0.1, 0.15) is 41.2 Å². The van der Waals surface area contributed by atoms with E-state index < -0.39 is 5.82 Å². The monoisotopic (exact) mass is 446 g/mol. The maximum Gasteiger partial charge on any atom is 0.259 e. The van der Waals surface area contributed by atoms with E-state index in [1.807, 2.05) is 6.07 Å². The van der Waals surface area contributed by atoms with E-state index in [2.05, 4.69) is 15.0 Å². The number of carbonyl (C=O) groups is 1. The van der Waals surface area contributed by atoms with Crippen LogP contribution in [0.3, 0.4) is 0 Å². The number of aromatic nitrogens is 4. The van der Waals surface area contributed by atoms with Crippen molar-refractivity contribution in [1.82, 2.24) is 24.5 Å². The lowest BCUT2D eigenvalue weighted by molar-refractivity contribution is 0.0797. The lowest BCUT2D eigenvalue weighted by Crippen LogP contribution is -2.28. The fourth-order valence-corrected chi connectivity index (χ4v) is 4.11. The molecular weight excluding hydrogens is 423 g/mol. The molecule has 4 rings (SSSR count). The molecule has 1 saturated heterocycles. The van der Waals surface area contributed by atoms with E-state index >= 15 is 0 Å². The molecule has 1 fully saturated rings. The van der Waals surface area contributed by atoms with Gasteiger partial charge in [-0.1, -0.05) is 0 Å². The molecule has 10 heteroatoms. The Morgan fingerprint density at radius 3 is 3.03 bits per heavy atom. The summed E-state index contributed by atoms with van der Waals surface area (Å²) in [7, 11) is 3.26. The molecule has 0 aromatic carbocycles. The number of halogens is 2. The van der Waals surface area contributed by atoms with Crippen LogP contribution in [0, 0.1) is 5.82 Å². The molecule has 31 heavy (non-hydrogen) atoms. The van der Waals surface area contributed by atoms with E-state index in [4.69, 9.17) is 21.3 Å². The van der Waals surface area contributed by atoms with Crippen LogP contribution in [0.5, 0.6) is 5.88 Å². The Hall–Kier alpha value is -2.94. The highest BCUT2D eigenvalue weighted by Gasteiger charge is 2.31. The van der Waals surface area contributed by atoms with Crippen molar-refractivity contribution in [2.75, 3.05) is 38.0 Å². The maximum absolute atomic E-state index is 13.9. The summed E-state index contributed by atoms with van der Waals surface area (Å²) in [6.07, 6.45) is 6.91. The molecule has 0 N–H and O–H groups in total. The van der Waals surface area contributed by atoms with Crippen LogP contribution in [-0.4, -0.2) is 63.5 Å². The zero-order chi connectivity index (χ0) is 22.0. The minimum absolute atomic E-state index is 0.124. The minimum Gasteiger partial charge on any atom is -0.481 e. The second-order valence-corrected chi connectivity index (χ2v) is 7.86. The van der Waals surface area contributed by atoms with Crippen molar-refractivity contribution in [3.63, 3.8) is 0 Å². The van der Waals surface area contributed by atoms with Crippen molar-refractivity contribution >= 4 is 29.0 Å². The number of amides is 1. The van der Waals surface area contributed by atoms with Crippen molar-refractivity contribution in [3.05, 3.63) is 47.7 Å². The molecule has 3 aromatic heterocycles.